The Morgan fingerprint density at radius 2 is 1.62 bits per heavy atom. The molecule has 0 radical (unpaired) electrons. The number of hydrogen-bond acceptors (Lipinski definition) is 2. The minimum Gasteiger partial charge on any atom is -0.0654 e. The summed E-state index contributed by atoms with van der Waals surface area (Å²) in [5.41, 5.74) is 2.02. The van der Waals surface area contributed by atoms with Gasteiger partial charge in [-0.3, -0.25) is 0 Å². The third-order valence-electron chi connectivity index (χ3n) is 3.33. The summed E-state index contributed by atoms with van der Waals surface area (Å²) >= 11 is 0. The van der Waals surface area contributed by atoms with Gasteiger partial charge in [0.25, 0.3) is 0 Å². The van der Waals surface area contributed by atoms with Crippen LogP contribution in [0.3, 0.4) is 0 Å². The first-order valence-corrected chi connectivity index (χ1v) is 7.38. The standard InChI is InChI=1S/C17H19N4/c1-2-3-14-17-18-20(15-10-6-4-7-11-15)21(19-17)16-12-8-5-9-13-16/h4-13H,2-3,14H2,1H3/q+1. The first-order valence-electron chi connectivity index (χ1n) is 7.38. The van der Waals surface area contributed by atoms with E-state index in [2.05, 4.69) is 17.1 Å². The van der Waals surface area contributed by atoms with E-state index in [0.29, 0.717) is 0 Å². The maximum atomic E-state index is 4.66. The van der Waals surface area contributed by atoms with E-state index in [1.807, 2.05) is 70.3 Å². The quantitative estimate of drug-likeness (QED) is 0.673. The molecule has 0 fully saturated rings. The molecule has 0 atom stereocenters. The number of aryl methyl sites for hydroxylation is 1. The van der Waals surface area contributed by atoms with Crippen LogP contribution in [0.15, 0.2) is 60.7 Å². The molecule has 0 amide bonds. The van der Waals surface area contributed by atoms with E-state index in [1.54, 1.807) is 0 Å². The van der Waals surface area contributed by atoms with Crippen LogP contribution in [-0.4, -0.2) is 15.0 Å². The maximum absolute atomic E-state index is 4.66. The highest BCUT2D eigenvalue weighted by molar-refractivity contribution is 5.28. The van der Waals surface area contributed by atoms with Crippen LogP contribution < -0.4 is 4.80 Å². The molecule has 0 saturated carbocycles. The van der Waals surface area contributed by atoms with Gasteiger partial charge in [-0.05, 0) is 40.6 Å². The van der Waals surface area contributed by atoms with Crippen molar-refractivity contribution in [2.45, 2.75) is 26.2 Å². The highest BCUT2D eigenvalue weighted by atomic mass is 15.7. The van der Waals surface area contributed by atoms with Crippen molar-refractivity contribution in [2.24, 2.45) is 0 Å². The van der Waals surface area contributed by atoms with Gasteiger partial charge in [0.05, 0.1) is 5.10 Å². The second-order valence-electron chi connectivity index (χ2n) is 4.97. The third-order valence-corrected chi connectivity index (χ3v) is 3.33. The fraction of sp³-hybridized carbons (Fsp3) is 0.235. The van der Waals surface area contributed by atoms with Gasteiger partial charge in [-0.1, -0.05) is 49.7 Å². The lowest BCUT2D eigenvalue weighted by molar-refractivity contribution is -0.735. The second kappa shape index (κ2) is 6.31. The highest BCUT2D eigenvalue weighted by Crippen LogP contribution is 2.06. The van der Waals surface area contributed by atoms with E-state index in [4.69, 9.17) is 0 Å². The van der Waals surface area contributed by atoms with E-state index in [9.17, 15) is 0 Å². The number of rotatable bonds is 5. The fourth-order valence-electron chi connectivity index (χ4n) is 2.22. The lowest BCUT2D eigenvalue weighted by Gasteiger charge is -1.98. The van der Waals surface area contributed by atoms with Crippen LogP contribution in [0.25, 0.3) is 11.4 Å². The van der Waals surface area contributed by atoms with Gasteiger partial charge in [-0.2, -0.15) is 0 Å². The first kappa shape index (κ1) is 13.5. The van der Waals surface area contributed by atoms with Gasteiger partial charge in [0, 0.05) is 11.2 Å². The molecule has 3 aromatic rings. The molecule has 21 heavy (non-hydrogen) atoms. The molecular weight excluding hydrogens is 260 g/mol. The minimum atomic E-state index is 0.879. The lowest BCUT2D eigenvalue weighted by atomic mass is 10.2. The molecule has 106 valence electrons. The SMILES string of the molecule is CCCCc1nn(-c2ccccc2)[n+](-c2ccccc2)n1. The van der Waals surface area contributed by atoms with Gasteiger partial charge in [0.2, 0.25) is 0 Å². The topological polar surface area (TPSA) is 34.6 Å². The van der Waals surface area contributed by atoms with E-state index < -0.39 is 0 Å². The van der Waals surface area contributed by atoms with Crippen molar-refractivity contribution in [3.05, 3.63) is 66.5 Å². The van der Waals surface area contributed by atoms with Gasteiger partial charge in [-0.15, -0.1) is 0 Å². The molecule has 1 aromatic heterocycles. The van der Waals surface area contributed by atoms with Crippen LogP contribution in [0, 0.1) is 0 Å². The molecule has 0 unspecified atom stereocenters. The Morgan fingerprint density at radius 3 is 2.29 bits per heavy atom. The van der Waals surface area contributed by atoms with Gasteiger partial charge in [0.1, 0.15) is 5.69 Å². The van der Waals surface area contributed by atoms with E-state index in [1.165, 1.54) is 0 Å². The predicted molar refractivity (Wildman–Crippen MR) is 81.5 cm³/mol. The van der Waals surface area contributed by atoms with Crippen molar-refractivity contribution < 1.29 is 4.80 Å². The summed E-state index contributed by atoms with van der Waals surface area (Å²) in [7, 11) is 0. The van der Waals surface area contributed by atoms with E-state index in [0.717, 1.165) is 36.5 Å². The Kier molecular flexibility index (Phi) is 4.05. The second-order valence-corrected chi connectivity index (χ2v) is 4.97. The molecule has 0 aliphatic carbocycles. The van der Waals surface area contributed by atoms with Crippen molar-refractivity contribution >= 4 is 0 Å². The summed E-state index contributed by atoms with van der Waals surface area (Å²) in [6.07, 6.45) is 3.15. The lowest BCUT2D eigenvalue weighted by Crippen LogP contribution is -2.43. The molecule has 1 heterocycles. The molecule has 0 bridgehead atoms. The average molecular weight is 279 g/mol. The minimum absolute atomic E-state index is 0.879. The number of para-hydroxylation sites is 2. The van der Waals surface area contributed by atoms with Crippen molar-refractivity contribution in [3.63, 3.8) is 0 Å². The van der Waals surface area contributed by atoms with Crippen LogP contribution >= 0.6 is 0 Å². The summed E-state index contributed by atoms with van der Waals surface area (Å²) in [6, 6.07) is 20.2. The molecule has 0 N–H and O–H groups in total. The van der Waals surface area contributed by atoms with Crippen LogP contribution in [0.1, 0.15) is 25.6 Å². The smallest absolute Gasteiger partial charge is 0.0654 e. The van der Waals surface area contributed by atoms with Gasteiger partial charge in [0.15, 0.2) is 5.69 Å². The molecule has 0 spiro atoms. The van der Waals surface area contributed by atoms with Crippen molar-refractivity contribution in [2.75, 3.05) is 0 Å². The van der Waals surface area contributed by atoms with Gasteiger partial charge in [-0.25, -0.2) is 0 Å². The molecule has 2 aromatic carbocycles. The van der Waals surface area contributed by atoms with Crippen molar-refractivity contribution in [1.29, 1.82) is 0 Å². The van der Waals surface area contributed by atoms with Gasteiger partial charge < -0.3 is 0 Å². The number of aromatic nitrogens is 4. The Balaban J connectivity index is 2.06. The maximum Gasteiger partial charge on any atom is 0.309 e. The Hall–Kier alpha value is -2.49. The summed E-state index contributed by atoms with van der Waals surface area (Å²) < 4.78 is 0. The average Bonchev–Trinajstić information content (AvgIpc) is 2.99. The van der Waals surface area contributed by atoms with Crippen LogP contribution in [0.2, 0.25) is 0 Å². The predicted octanol–water partition coefficient (Wildman–Crippen LogP) is 2.89. The monoisotopic (exact) mass is 279 g/mol. The van der Waals surface area contributed by atoms with Crippen molar-refractivity contribution in [1.82, 2.24) is 15.0 Å². The molecule has 0 aliphatic heterocycles. The summed E-state index contributed by atoms with van der Waals surface area (Å²) in [6.45, 7) is 2.18. The number of nitrogens with zero attached hydrogens (tertiary/aromatic N) is 4. The van der Waals surface area contributed by atoms with Crippen molar-refractivity contribution in [3.8, 4) is 11.4 Å². The molecule has 3 rings (SSSR count). The van der Waals surface area contributed by atoms with Crippen LogP contribution in [0.5, 0.6) is 0 Å². The van der Waals surface area contributed by atoms with Crippen LogP contribution in [-0.2, 0) is 6.42 Å². The molecular formula is C17H19N4+. The summed E-state index contributed by atoms with van der Waals surface area (Å²) in [4.78, 5) is 3.72. The normalized spacial score (nSPS) is 10.7. The highest BCUT2D eigenvalue weighted by Gasteiger charge is 2.21. The number of unbranched alkanes of at least 4 members (excludes halogenated alkanes) is 1. The number of hydrogen-bond donors (Lipinski definition) is 0. The van der Waals surface area contributed by atoms with Gasteiger partial charge >= 0.3 is 5.82 Å². The zero-order chi connectivity index (χ0) is 14.5. The van der Waals surface area contributed by atoms with Crippen LogP contribution in [0.4, 0.5) is 0 Å². The molecule has 0 saturated heterocycles. The van der Waals surface area contributed by atoms with E-state index in [-0.39, 0.29) is 0 Å². The number of benzene rings is 2. The first-order chi connectivity index (χ1) is 10.4. The summed E-state index contributed by atoms with van der Waals surface area (Å²) in [5, 5.41) is 9.33. The Bertz CT molecular complexity index is 632. The third kappa shape index (κ3) is 2.99. The Labute approximate surface area is 124 Å². The molecule has 0 aliphatic rings. The number of tetrazole rings is 1. The zero-order valence-electron chi connectivity index (χ0n) is 12.2. The zero-order valence-corrected chi connectivity index (χ0v) is 12.2. The largest absolute Gasteiger partial charge is 0.309 e. The van der Waals surface area contributed by atoms with E-state index >= 15 is 0 Å². The molecule has 4 heteroatoms. The summed E-state index contributed by atoms with van der Waals surface area (Å²) in [5.74, 6) is 0.879. The Morgan fingerprint density at radius 1 is 0.952 bits per heavy atom. The fourth-order valence-corrected chi connectivity index (χ4v) is 2.22. The molecule has 4 nitrogen and oxygen atoms in total.